The summed E-state index contributed by atoms with van der Waals surface area (Å²) in [6.07, 6.45) is 10.8. The van der Waals surface area contributed by atoms with Gasteiger partial charge in [-0.1, -0.05) is 6.07 Å². The Bertz CT molecular complexity index is 588. The SMILES string of the molecule is S=C(Nc1cccnc1)N1CCCC[C@H]1c1cccnc1. The summed E-state index contributed by atoms with van der Waals surface area (Å²) in [5, 5.41) is 4.05. The second-order valence-corrected chi connectivity index (χ2v) is 5.55. The highest BCUT2D eigenvalue weighted by Gasteiger charge is 2.26. The fourth-order valence-corrected chi connectivity index (χ4v) is 3.06. The van der Waals surface area contributed by atoms with Gasteiger partial charge in [0.2, 0.25) is 0 Å². The second-order valence-electron chi connectivity index (χ2n) is 5.16. The van der Waals surface area contributed by atoms with E-state index in [1.807, 2.05) is 30.6 Å². The largest absolute Gasteiger partial charge is 0.342 e. The standard InChI is InChI=1S/C16H18N4S/c21-16(19-14-6-4-9-18-12-14)20-10-2-1-7-15(20)13-5-3-8-17-11-13/h3-6,8-9,11-12,15H,1-2,7,10H2,(H,19,21)/t15-/m0/s1. The number of rotatable bonds is 2. The van der Waals surface area contributed by atoms with Crippen LogP contribution in [-0.2, 0) is 0 Å². The summed E-state index contributed by atoms with van der Waals surface area (Å²) < 4.78 is 0. The Balaban J connectivity index is 1.76. The van der Waals surface area contributed by atoms with Gasteiger partial charge in [0.25, 0.3) is 0 Å². The van der Waals surface area contributed by atoms with Gasteiger partial charge in [0.15, 0.2) is 5.11 Å². The lowest BCUT2D eigenvalue weighted by molar-refractivity contribution is 0.248. The molecule has 0 radical (unpaired) electrons. The normalized spacial score (nSPS) is 18.3. The van der Waals surface area contributed by atoms with Gasteiger partial charge in [-0.05, 0) is 55.2 Å². The predicted octanol–water partition coefficient (Wildman–Crippen LogP) is 3.40. The topological polar surface area (TPSA) is 41.1 Å². The first-order chi connectivity index (χ1) is 10.3. The molecule has 0 amide bonds. The Morgan fingerprint density at radius 1 is 1.14 bits per heavy atom. The van der Waals surface area contributed by atoms with Crippen LogP contribution in [-0.4, -0.2) is 26.5 Å². The van der Waals surface area contributed by atoms with E-state index in [9.17, 15) is 0 Å². The molecule has 3 heterocycles. The Hall–Kier alpha value is -2.01. The average molecular weight is 298 g/mol. The van der Waals surface area contributed by atoms with Crippen LogP contribution in [0.2, 0.25) is 0 Å². The van der Waals surface area contributed by atoms with Crippen molar-refractivity contribution in [2.24, 2.45) is 0 Å². The van der Waals surface area contributed by atoms with E-state index in [1.54, 1.807) is 12.4 Å². The van der Waals surface area contributed by atoms with Gasteiger partial charge in [0.05, 0.1) is 17.9 Å². The second kappa shape index (κ2) is 6.63. The molecular formula is C16H18N4S. The molecule has 5 heteroatoms. The molecule has 2 aromatic rings. The van der Waals surface area contributed by atoms with Crippen LogP contribution < -0.4 is 5.32 Å². The molecule has 1 saturated heterocycles. The molecule has 0 saturated carbocycles. The first-order valence-corrected chi connectivity index (χ1v) is 7.63. The van der Waals surface area contributed by atoms with Crippen LogP contribution in [0, 0.1) is 0 Å². The molecule has 3 rings (SSSR count). The third kappa shape index (κ3) is 3.36. The van der Waals surface area contributed by atoms with Gasteiger partial charge in [-0.2, -0.15) is 0 Å². The summed E-state index contributed by atoms with van der Waals surface area (Å²) >= 11 is 5.60. The molecular weight excluding hydrogens is 280 g/mol. The summed E-state index contributed by atoms with van der Waals surface area (Å²) in [5.41, 5.74) is 2.16. The van der Waals surface area contributed by atoms with Crippen LogP contribution >= 0.6 is 12.2 Å². The highest BCUT2D eigenvalue weighted by atomic mass is 32.1. The van der Waals surface area contributed by atoms with E-state index in [0.717, 1.165) is 23.8 Å². The zero-order valence-electron chi connectivity index (χ0n) is 11.8. The van der Waals surface area contributed by atoms with Crippen LogP contribution in [0.5, 0.6) is 0 Å². The van der Waals surface area contributed by atoms with E-state index in [2.05, 4.69) is 26.3 Å². The average Bonchev–Trinajstić information content (AvgIpc) is 2.56. The first kappa shape index (κ1) is 13.9. The van der Waals surface area contributed by atoms with Gasteiger partial charge in [0.1, 0.15) is 0 Å². The van der Waals surface area contributed by atoms with E-state index in [4.69, 9.17) is 12.2 Å². The molecule has 4 nitrogen and oxygen atoms in total. The summed E-state index contributed by atoms with van der Waals surface area (Å²) in [4.78, 5) is 10.6. The smallest absolute Gasteiger partial charge is 0.173 e. The van der Waals surface area contributed by atoms with Crippen molar-refractivity contribution in [2.75, 3.05) is 11.9 Å². The van der Waals surface area contributed by atoms with Gasteiger partial charge < -0.3 is 10.2 Å². The lowest BCUT2D eigenvalue weighted by atomic mass is 9.97. The number of anilines is 1. The first-order valence-electron chi connectivity index (χ1n) is 7.22. The summed E-state index contributed by atoms with van der Waals surface area (Å²) in [6, 6.07) is 8.30. The summed E-state index contributed by atoms with van der Waals surface area (Å²) in [5.74, 6) is 0. The van der Waals surface area contributed by atoms with Crippen molar-refractivity contribution < 1.29 is 0 Å². The number of hydrogen-bond acceptors (Lipinski definition) is 3. The van der Waals surface area contributed by atoms with Crippen molar-refractivity contribution in [1.82, 2.24) is 14.9 Å². The number of thiocarbonyl (C=S) groups is 1. The van der Waals surface area contributed by atoms with E-state index in [-0.39, 0.29) is 0 Å². The molecule has 1 fully saturated rings. The van der Waals surface area contributed by atoms with Crippen molar-refractivity contribution in [3.05, 3.63) is 54.6 Å². The third-order valence-corrected chi connectivity index (χ3v) is 4.08. The highest BCUT2D eigenvalue weighted by Crippen LogP contribution is 2.30. The number of hydrogen-bond donors (Lipinski definition) is 1. The molecule has 0 unspecified atom stereocenters. The summed E-state index contributed by atoms with van der Waals surface area (Å²) in [6.45, 7) is 0.978. The van der Waals surface area contributed by atoms with Crippen molar-refractivity contribution in [2.45, 2.75) is 25.3 Å². The zero-order valence-corrected chi connectivity index (χ0v) is 12.6. The quantitative estimate of drug-likeness (QED) is 0.861. The Labute approximate surface area is 130 Å². The zero-order chi connectivity index (χ0) is 14.5. The maximum atomic E-state index is 5.60. The van der Waals surface area contributed by atoms with Crippen molar-refractivity contribution in [3.8, 4) is 0 Å². The Morgan fingerprint density at radius 2 is 1.95 bits per heavy atom. The molecule has 1 atom stereocenters. The number of nitrogens with zero attached hydrogens (tertiary/aromatic N) is 3. The predicted molar refractivity (Wildman–Crippen MR) is 88.0 cm³/mol. The minimum atomic E-state index is 0.309. The molecule has 1 aliphatic heterocycles. The fourth-order valence-electron chi connectivity index (χ4n) is 2.73. The number of nitrogens with one attached hydrogen (secondary N) is 1. The van der Waals surface area contributed by atoms with Crippen molar-refractivity contribution in [1.29, 1.82) is 0 Å². The van der Waals surface area contributed by atoms with Crippen LogP contribution in [0.25, 0.3) is 0 Å². The van der Waals surface area contributed by atoms with Crippen LogP contribution in [0.3, 0.4) is 0 Å². The lowest BCUT2D eigenvalue weighted by Gasteiger charge is -2.37. The molecule has 0 spiro atoms. The maximum absolute atomic E-state index is 5.60. The van der Waals surface area contributed by atoms with Gasteiger partial charge in [-0.25, -0.2) is 0 Å². The van der Waals surface area contributed by atoms with Crippen LogP contribution in [0.4, 0.5) is 5.69 Å². The molecule has 0 aromatic carbocycles. The number of pyridine rings is 2. The lowest BCUT2D eigenvalue weighted by Crippen LogP contribution is -2.41. The number of piperidine rings is 1. The van der Waals surface area contributed by atoms with Crippen molar-refractivity contribution >= 4 is 23.0 Å². The monoisotopic (exact) mass is 298 g/mol. The Morgan fingerprint density at radius 3 is 2.67 bits per heavy atom. The Kier molecular flexibility index (Phi) is 4.40. The van der Waals surface area contributed by atoms with Gasteiger partial charge in [-0.15, -0.1) is 0 Å². The highest BCUT2D eigenvalue weighted by molar-refractivity contribution is 7.80. The maximum Gasteiger partial charge on any atom is 0.173 e. The van der Waals surface area contributed by atoms with Gasteiger partial charge in [0, 0.05) is 25.1 Å². The molecule has 1 aliphatic rings. The molecule has 21 heavy (non-hydrogen) atoms. The van der Waals surface area contributed by atoms with Crippen LogP contribution in [0.15, 0.2) is 49.1 Å². The van der Waals surface area contributed by atoms with E-state index in [0.29, 0.717) is 6.04 Å². The van der Waals surface area contributed by atoms with Gasteiger partial charge >= 0.3 is 0 Å². The third-order valence-electron chi connectivity index (χ3n) is 3.75. The molecule has 0 aliphatic carbocycles. The number of likely N-dealkylation sites (tertiary alicyclic amines) is 1. The molecule has 1 N–H and O–H groups in total. The number of aromatic nitrogens is 2. The minimum absolute atomic E-state index is 0.309. The molecule has 2 aromatic heterocycles. The van der Waals surface area contributed by atoms with Gasteiger partial charge in [-0.3, -0.25) is 9.97 Å². The van der Waals surface area contributed by atoms with Crippen molar-refractivity contribution in [3.63, 3.8) is 0 Å². The fraction of sp³-hybridized carbons (Fsp3) is 0.312. The van der Waals surface area contributed by atoms with E-state index < -0.39 is 0 Å². The van der Waals surface area contributed by atoms with Crippen LogP contribution in [0.1, 0.15) is 30.9 Å². The molecule has 108 valence electrons. The summed E-state index contributed by atoms with van der Waals surface area (Å²) in [7, 11) is 0. The molecule has 0 bridgehead atoms. The van der Waals surface area contributed by atoms with E-state index in [1.165, 1.54) is 18.4 Å². The van der Waals surface area contributed by atoms with E-state index >= 15 is 0 Å². The minimum Gasteiger partial charge on any atom is -0.342 e.